The molecule has 2 aromatic carbocycles. The maximum atomic E-state index is 11.7. The highest BCUT2D eigenvalue weighted by Gasteiger charge is 2.24. The predicted molar refractivity (Wildman–Crippen MR) is 110 cm³/mol. The van der Waals surface area contributed by atoms with E-state index in [4.69, 9.17) is 16.3 Å². The van der Waals surface area contributed by atoms with Gasteiger partial charge in [-0.05, 0) is 55.5 Å². The van der Waals surface area contributed by atoms with E-state index < -0.39 is 10.9 Å². The van der Waals surface area contributed by atoms with Crippen molar-refractivity contribution >= 4 is 46.5 Å². The van der Waals surface area contributed by atoms with Crippen LogP contribution in [0.2, 0.25) is 5.02 Å². The molecule has 29 heavy (non-hydrogen) atoms. The summed E-state index contributed by atoms with van der Waals surface area (Å²) in [6.45, 7) is 2.00. The largest absolute Gasteiger partial charge is 0.462 e. The molecule has 10 heteroatoms. The Morgan fingerprint density at radius 3 is 2.48 bits per heavy atom. The van der Waals surface area contributed by atoms with Gasteiger partial charge in [0.1, 0.15) is 6.33 Å². The molecular weight excluding hydrogens is 416 g/mol. The minimum atomic E-state index is -0.534. The maximum absolute atomic E-state index is 11.7. The normalized spacial score (nSPS) is 10.4. The zero-order chi connectivity index (χ0) is 20.8. The number of aromatic nitrogens is 2. The number of hydrogen-bond donors (Lipinski definition) is 1. The van der Waals surface area contributed by atoms with Crippen molar-refractivity contribution in [3.05, 3.63) is 75.6 Å². The van der Waals surface area contributed by atoms with Crippen LogP contribution in [0.4, 0.5) is 17.2 Å². The van der Waals surface area contributed by atoms with Crippen molar-refractivity contribution < 1.29 is 14.5 Å². The van der Waals surface area contributed by atoms with Gasteiger partial charge in [0.15, 0.2) is 5.03 Å². The fourth-order valence-electron chi connectivity index (χ4n) is 2.35. The number of benzene rings is 2. The van der Waals surface area contributed by atoms with Crippen LogP contribution < -0.4 is 5.32 Å². The van der Waals surface area contributed by atoms with Crippen LogP contribution in [0.25, 0.3) is 0 Å². The van der Waals surface area contributed by atoms with Gasteiger partial charge >= 0.3 is 11.7 Å². The number of hydrogen-bond acceptors (Lipinski definition) is 8. The molecule has 0 aliphatic carbocycles. The van der Waals surface area contributed by atoms with Gasteiger partial charge in [-0.15, -0.1) is 0 Å². The summed E-state index contributed by atoms with van der Waals surface area (Å²) in [5.74, 6) is -0.390. The van der Waals surface area contributed by atoms with E-state index in [2.05, 4.69) is 15.3 Å². The lowest BCUT2D eigenvalue weighted by atomic mass is 10.2. The van der Waals surface area contributed by atoms with Gasteiger partial charge in [-0.1, -0.05) is 23.4 Å². The molecule has 0 saturated carbocycles. The molecule has 8 nitrogen and oxygen atoms in total. The van der Waals surface area contributed by atoms with Crippen molar-refractivity contribution in [2.24, 2.45) is 0 Å². The van der Waals surface area contributed by atoms with Crippen LogP contribution in [-0.2, 0) is 4.74 Å². The molecule has 0 fully saturated rings. The van der Waals surface area contributed by atoms with E-state index in [1.165, 1.54) is 6.33 Å². The van der Waals surface area contributed by atoms with Crippen molar-refractivity contribution in [1.29, 1.82) is 0 Å². The number of carbonyl (C=O) groups is 1. The van der Waals surface area contributed by atoms with Gasteiger partial charge in [-0.2, -0.15) is 0 Å². The Kier molecular flexibility index (Phi) is 6.63. The molecule has 0 radical (unpaired) electrons. The lowest BCUT2D eigenvalue weighted by Gasteiger charge is -2.09. The van der Waals surface area contributed by atoms with E-state index in [1.54, 1.807) is 55.5 Å². The van der Waals surface area contributed by atoms with Crippen LogP contribution in [0.1, 0.15) is 17.3 Å². The highest BCUT2D eigenvalue weighted by Crippen LogP contribution is 2.37. The van der Waals surface area contributed by atoms with Crippen molar-refractivity contribution in [3.63, 3.8) is 0 Å². The van der Waals surface area contributed by atoms with Crippen molar-refractivity contribution in [3.8, 4) is 0 Å². The van der Waals surface area contributed by atoms with Crippen LogP contribution in [0, 0.1) is 10.1 Å². The van der Waals surface area contributed by atoms with Gasteiger partial charge in [0.05, 0.1) is 17.1 Å². The van der Waals surface area contributed by atoms with Crippen molar-refractivity contribution in [2.75, 3.05) is 11.9 Å². The van der Waals surface area contributed by atoms with Crippen LogP contribution in [0.15, 0.2) is 64.8 Å². The third-order valence-electron chi connectivity index (χ3n) is 3.66. The molecule has 0 saturated heterocycles. The second-order valence-electron chi connectivity index (χ2n) is 5.61. The average molecular weight is 431 g/mol. The van der Waals surface area contributed by atoms with Gasteiger partial charge < -0.3 is 10.1 Å². The number of halogens is 1. The van der Waals surface area contributed by atoms with E-state index in [0.29, 0.717) is 16.3 Å². The first-order valence-corrected chi connectivity index (χ1v) is 9.64. The summed E-state index contributed by atoms with van der Waals surface area (Å²) in [7, 11) is 0. The maximum Gasteiger partial charge on any atom is 0.343 e. The number of nitro groups is 1. The molecule has 0 atom stereocenters. The number of anilines is 2. The third kappa shape index (κ3) is 5.21. The first kappa shape index (κ1) is 20.6. The molecule has 0 spiro atoms. The SMILES string of the molecule is CCOC(=O)c1ccc(Nc2ncnc(Sc3ccc(Cl)cc3)c2[N+](=O)[O-])cc1. The zero-order valence-corrected chi connectivity index (χ0v) is 16.7. The highest BCUT2D eigenvalue weighted by atomic mass is 35.5. The molecule has 1 N–H and O–H groups in total. The van der Waals surface area contributed by atoms with E-state index in [9.17, 15) is 14.9 Å². The second-order valence-corrected chi connectivity index (χ2v) is 7.11. The van der Waals surface area contributed by atoms with Gasteiger partial charge in [-0.3, -0.25) is 10.1 Å². The van der Waals surface area contributed by atoms with E-state index in [1.807, 2.05) is 0 Å². The Bertz CT molecular complexity index is 1030. The Hall–Kier alpha value is -3.17. The zero-order valence-electron chi connectivity index (χ0n) is 15.2. The topological polar surface area (TPSA) is 107 Å². The molecule has 1 heterocycles. The lowest BCUT2D eigenvalue weighted by molar-refractivity contribution is -0.387. The summed E-state index contributed by atoms with van der Waals surface area (Å²) in [4.78, 5) is 31.7. The molecular formula is C19H15ClN4O4S. The first-order chi connectivity index (χ1) is 14.0. The average Bonchev–Trinajstić information content (AvgIpc) is 2.70. The first-order valence-electron chi connectivity index (χ1n) is 8.45. The minimum Gasteiger partial charge on any atom is -0.462 e. The summed E-state index contributed by atoms with van der Waals surface area (Å²) in [6, 6.07) is 13.3. The van der Waals surface area contributed by atoms with E-state index >= 15 is 0 Å². The second kappa shape index (κ2) is 9.35. The number of ether oxygens (including phenoxy) is 1. The summed E-state index contributed by atoms with van der Waals surface area (Å²) < 4.78 is 4.94. The monoisotopic (exact) mass is 430 g/mol. The number of nitrogens with zero attached hydrogens (tertiary/aromatic N) is 3. The minimum absolute atomic E-state index is 0.0466. The quantitative estimate of drug-likeness (QED) is 0.238. The Balaban J connectivity index is 1.86. The molecule has 1 aromatic heterocycles. The summed E-state index contributed by atoms with van der Waals surface area (Å²) in [5.41, 5.74) is 0.665. The molecule has 0 bridgehead atoms. The van der Waals surface area contributed by atoms with Crippen LogP contribution in [-0.4, -0.2) is 27.5 Å². The number of esters is 1. The molecule has 0 aliphatic rings. The fraction of sp³-hybridized carbons (Fsp3) is 0.105. The fourth-order valence-corrected chi connectivity index (χ4v) is 3.34. The van der Waals surface area contributed by atoms with Gasteiger partial charge in [0.2, 0.25) is 5.82 Å². The third-order valence-corrected chi connectivity index (χ3v) is 4.91. The van der Waals surface area contributed by atoms with Crippen molar-refractivity contribution in [1.82, 2.24) is 9.97 Å². The molecule has 0 amide bonds. The molecule has 0 aliphatic heterocycles. The summed E-state index contributed by atoms with van der Waals surface area (Å²) >= 11 is 7.01. The standard InChI is InChI=1S/C19H15ClN4O4S/c1-2-28-19(25)12-3-7-14(8-4-12)23-17-16(24(26)27)18(22-11-21-17)29-15-9-5-13(20)6-10-15/h3-11H,2H2,1H3,(H,21,22,23). The number of rotatable bonds is 7. The molecule has 0 unspecified atom stereocenters. The van der Waals surface area contributed by atoms with Crippen LogP contribution in [0.3, 0.4) is 0 Å². The smallest absolute Gasteiger partial charge is 0.343 e. The van der Waals surface area contributed by atoms with Crippen LogP contribution in [0.5, 0.6) is 0 Å². The molecule has 148 valence electrons. The predicted octanol–water partition coefficient (Wildman–Crippen LogP) is 5.11. The highest BCUT2D eigenvalue weighted by molar-refractivity contribution is 7.99. The summed E-state index contributed by atoms with van der Waals surface area (Å²) in [5, 5.41) is 15.4. The Morgan fingerprint density at radius 1 is 1.17 bits per heavy atom. The van der Waals surface area contributed by atoms with Crippen LogP contribution >= 0.6 is 23.4 Å². The lowest BCUT2D eigenvalue weighted by Crippen LogP contribution is -2.05. The summed E-state index contributed by atoms with van der Waals surface area (Å²) in [6.07, 6.45) is 1.25. The van der Waals surface area contributed by atoms with Gasteiger partial charge in [0.25, 0.3) is 0 Å². The number of carbonyl (C=O) groups excluding carboxylic acids is 1. The molecule has 3 rings (SSSR count). The van der Waals surface area contributed by atoms with E-state index in [0.717, 1.165) is 16.7 Å². The molecule has 3 aromatic rings. The van der Waals surface area contributed by atoms with Crippen molar-refractivity contribution in [2.45, 2.75) is 16.8 Å². The van der Waals surface area contributed by atoms with E-state index in [-0.39, 0.29) is 23.1 Å². The van der Waals surface area contributed by atoms with Gasteiger partial charge in [0, 0.05) is 15.6 Å². The Labute approximate surface area is 175 Å². The number of nitrogens with one attached hydrogen (secondary N) is 1. The van der Waals surface area contributed by atoms with Gasteiger partial charge in [-0.25, -0.2) is 14.8 Å². The Morgan fingerprint density at radius 2 is 1.86 bits per heavy atom.